The van der Waals surface area contributed by atoms with Gasteiger partial charge in [-0.1, -0.05) is 41.9 Å². The number of rotatable bonds is 4. The summed E-state index contributed by atoms with van der Waals surface area (Å²) >= 11 is 6.21. The van der Waals surface area contributed by atoms with Gasteiger partial charge in [-0.2, -0.15) is 10.5 Å². The van der Waals surface area contributed by atoms with E-state index in [4.69, 9.17) is 26.9 Å². The first-order valence-corrected chi connectivity index (χ1v) is 7.28. The molecule has 5 heteroatoms. The summed E-state index contributed by atoms with van der Waals surface area (Å²) in [7, 11) is 0. The number of ether oxygens (including phenoxy) is 1. The van der Waals surface area contributed by atoms with Crippen LogP contribution in [0.3, 0.4) is 0 Å². The molecule has 0 saturated carbocycles. The van der Waals surface area contributed by atoms with Crippen LogP contribution in [0.1, 0.15) is 15.9 Å². The molecule has 0 amide bonds. The highest BCUT2D eigenvalue weighted by Crippen LogP contribution is 2.29. The zero-order valence-corrected chi connectivity index (χ0v) is 13.2. The standard InChI is InChI=1S/C19H11ClN2O2/c20-17(11-10-14(12-21)13-22)16-8-4-5-9-18(16)24-19(23)15-6-2-1-3-7-15/h1-11H/b17-11-. The number of para-hydroxylation sites is 1. The van der Waals surface area contributed by atoms with E-state index in [1.807, 2.05) is 0 Å². The van der Waals surface area contributed by atoms with Crippen LogP contribution in [-0.2, 0) is 0 Å². The Bertz CT molecular complexity index is 872. The lowest BCUT2D eigenvalue weighted by atomic mass is 10.1. The molecule has 0 fully saturated rings. The average Bonchev–Trinajstić information content (AvgIpc) is 2.63. The van der Waals surface area contributed by atoms with Crippen LogP contribution in [-0.4, -0.2) is 5.97 Å². The van der Waals surface area contributed by atoms with Crippen LogP contribution in [0, 0.1) is 22.7 Å². The fourth-order valence-corrected chi connectivity index (χ4v) is 2.05. The fraction of sp³-hybridized carbons (Fsp3) is 0. The van der Waals surface area contributed by atoms with Gasteiger partial charge in [0.05, 0.1) is 10.6 Å². The van der Waals surface area contributed by atoms with E-state index >= 15 is 0 Å². The molecule has 0 radical (unpaired) electrons. The topological polar surface area (TPSA) is 73.9 Å². The number of nitriles is 2. The summed E-state index contributed by atoms with van der Waals surface area (Å²) in [4.78, 5) is 12.2. The van der Waals surface area contributed by atoms with Crippen molar-refractivity contribution in [3.05, 3.63) is 83.4 Å². The third kappa shape index (κ3) is 4.33. The van der Waals surface area contributed by atoms with Gasteiger partial charge in [0.25, 0.3) is 0 Å². The molecule has 116 valence electrons. The lowest BCUT2D eigenvalue weighted by Gasteiger charge is -2.09. The predicted octanol–water partition coefficient (Wildman–Crippen LogP) is 4.46. The van der Waals surface area contributed by atoms with Crippen LogP contribution in [0.15, 0.2) is 72.3 Å². The normalized spacial score (nSPS) is 10.2. The van der Waals surface area contributed by atoms with Gasteiger partial charge < -0.3 is 4.74 Å². The molecule has 0 unspecified atom stereocenters. The van der Waals surface area contributed by atoms with Crippen molar-refractivity contribution < 1.29 is 9.53 Å². The Balaban J connectivity index is 2.30. The summed E-state index contributed by atoms with van der Waals surface area (Å²) in [6.45, 7) is 0. The smallest absolute Gasteiger partial charge is 0.343 e. The number of benzene rings is 2. The van der Waals surface area contributed by atoms with Gasteiger partial charge in [-0.3, -0.25) is 0 Å². The Morgan fingerprint density at radius 1 is 0.958 bits per heavy atom. The Morgan fingerprint density at radius 2 is 1.58 bits per heavy atom. The second kappa shape index (κ2) is 8.33. The van der Waals surface area contributed by atoms with Gasteiger partial charge in [-0.25, -0.2) is 4.79 Å². The minimum Gasteiger partial charge on any atom is -0.422 e. The van der Waals surface area contributed by atoms with Crippen molar-refractivity contribution in [3.8, 4) is 17.9 Å². The van der Waals surface area contributed by atoms with Crippen molar-refractivity contribution >= 4 is 22.6 Å². The van der Waals surface area contributed by atoms with Crippen LogP contribution >= 0.6 is 11.6 Å². The molecule has 2 aromatic carbocycles. The van der Waals surface area contributed by atoms with Gasteiger partial charge in [0.2, 0.25) is 0 Å². The molecule has 0 aliphatic rings. The van der Waals surface area contributed by atoms with Crippen molar-refractivity contribution in [1.82, 2.24) is 0 Å². The first-order valence-electron chi connectivity index (χ1n) is 6.90. The van der Waals surface area contributed by atoms with E-state index in [0.717, 1.165) is 0 Å². The van der Waals surface area contributed by atoms with Crippen molar-refractivity contribution in [2.45, 2.75) is 0 Å². The maximum atomic E-state index is 12.2. The van der Waals surface area contributed by atoms with Crippen LogP contribution in [0.4, 0.5) is 0 Å². The molecule has 0 aromatic heterocycles. The van der Waals surface area contributed by atoms with Gasteiger partial charge in [0.15, 0.2) is 0 Å². The number of carbonyl (C=O) groups excluding carboxylic acids is 1. The maximum Gasteiger partial charge on any atom is 0.343 e. The van der Waals surface area contributed by atoms with Crippen molar-refractivity contribution in [2.24, 2.45) is 0 Å². The quantitative estimate of drug-likeness (QED) is 0.358. The number of halogens is 1. The second-order valence-electron chi connectivity index (χ2n) is 4.57. The highest BCUT2D eigenvalue weighted by atomic mass is 35.5. The van der Waals surface area contributed by atoms with E-state index in [1.54, 1.807) is 66.7 Å². The van der Waals surface area contributed by atoms with Crippen molar-refractivity contribution in [3.63, 3.8) is 0 Å². The third-order valence-corrected chi connectivity index (χ3v) is 3.32. The molecule has 2 rings (SSSR count). The van der Waals surface area contributed by atoms with Gasteiger partial charge in [0, 0.05) is 5.56 Å². The van der Waals surface area contributed by atoms with E-state index in [-0.39, 0.29) is 16.4 Å². The van der Waals surface area contributed by atoms with Crippen LogP contribution in [0.2, 0.25) is 0 Å². The Labute approximate surface area is 144 Å². The van der Waals surface area contributed by atoms with Crippen LogP contribution in [0.25, 0.3) is 5.03 Å². The lowest BCUT2D eigenvalue weighted by molar-refractivity contribution is 0.0734. The zero-order valence-electron chi connectivity index (χ0n) is 12.4. The predicted molar refractivity (Wildman–Crippen MR) is 91.0 cm³/mol. The number of carbonyl (C=O) groups is 1. The van der Waals surface area contributed by atoms with E-state index in [9.17, 15) is 4.79 Å². The first-order chi connectivity index (χ1) is 11.7. The van der Waals surface area contributed by atoms with Crippen LogP contribution < -0.4 is 4.74 Å². The first kappa shape index (κ1) is 17.0. The van der Waals surface area contributed by atoms with E-state index < -0.39 is 5.97 Å². The van der Waals surface area contributed by atoms with Crippen molar-refractivity contribution in [1.29, 1.82) is 10.5 Å². The SMILES string of the molecule is N#CC(C#N)=C/C=C(\Cl)c1ccccc1OC(=O)c1ccccc1. The minimum atomic E-state index is -0.502. The molecule has 0 aliphatic heterocycles. The number of esters is 1. The molecule has 0 aliphatic carbocycles. The van der Waals surface area contributed by atoms with Gasteiger partial charge >= 0.3 is 5.97 Å². The summed E-state index contributed by atoms with van der Waals surface area (Å²) in [6, 6.07) is 18.8. The van der Waals surface area contributed by atoms with E-state index in [0.29, 0.717) is 11.1 Å². The minimum absolute atomic E-state index is 0.0769. The van der Waals surface area contributed by atoms with Gasteiger partial charge in [-0.05, 0) is 36.4 Å². The summed E-state index contributed by atoms with van der Waals surface area (Å²) in [5.41, 5.74) is 0.824. The molecule has 0 saturated heterocycles. The molecule has 2 aromatic rings. The number of allylic oxidation sites excluding steroid dienone is 3. The largest absolute Gasteiger partial charge is 0.422 e. The summed E-state index contributed by atoms with van der Waals surface area (Å²) < 4.78 is 5.40. The van der Waals surface area contributed by atoms with E-state index in [1.165, 1.54) is 12.2 Å². The lowest BCUT2D eigenvalue weighted by Crippen LogP contribution is -2.09. The number of hydrogen-bond acceptors (Lipinski definition) is 4. The molecule has 24 heavy (non-hydrogen) atoms. The fourth-order valence-electron chi connectivity index (χ4n) is 1.83. The monoisotopic (exact) mass is 334 g/mol. The summed E-state index contributed by atoms with van der Waals surface area (Å²) in [5, 5.41) is 17.7. The highest BCUT2D eigenvalue weighted by Gasteiger charge is 2.12. The Kier molecular flexibility index (Phi) is 5.91. The third-order valence-electron chi connectivity index (χ3n) is 2.99. The van der Waals surface area contributed by atoms with Crippen molar-refractivity contribution in [2.75, 3.05) is 0 Å². The molecular weight excluding hydrogens is 324 g/mol. The summed E-state index contributed by atoms with van der Waals surface area (Å²) in [6.07, 6.45) is 2.72. The molecule has 0 N–H and O–H groups in total. The summed E-state index contributed by atoms with van der Waals surface area (Å²) in [5.74, 6) is -0.214. The number of hydrogen-bond donors (Lipinski definition) is 0. The molecule has 0 bridgehead atoms. The Hall–Kier alpha value is -3.34. The molecule has 0 atom stereocenters. The van der Waals surface area contributed by atoms with Gasteiger partial charge in [-0.15, -0.1) is 0 Å². The molecule has 0 heterocycles. The maximum absolute atomic E-state index is 12.2. The average molecular weight is 335 g/mol. The second-order valence-corrected chi connectivity index (χ2v) is 4.98. The zero-order chi connectivity index (χ0) is 17.4. The Morgan fingerprint density at radius 3 is 2.25 bits per heavy atom. The highest BCUT2D eigenvalue weighted by molar-refractivity contribution is 6.49. The molecule has 4 nitrogen and oxygen atoms in total. The van der Waals surface area contributed by atoms with Gasteiger partial charge in [0.1, 0.15) is 23.5 Å². The molecular formula is C19H11ClN2O2. The van der Waals surface area contributed by atoms with Crippen LogP contribution in [0.5, 0.6) is 5.75 Å². The van der Waals surface area contributed by atoms with E-state index in [2.05, 4.69) is 0 Å². The number of nitrogens with zero attached hydrogens (tertiary/aromatic N) is 2. The molecule has 0 spiro atoms.